The Hall–Kier alpha value is 0.580. The van der Waals surface area contributed by atoms with E-state index < -0.39 is 0 Å². The van der Waals surface area contributed by atoms with Crippen LogP contribution in [0.5, 0.6) is 0 Å². The number of alkyl halides is 2. The Balaban J connectivity index is 2.20. The molecule has 1 rings (SSSR count). The molecular formula is C3H4Cl2. The van der Waals surface area contributed by atoms with Gasteiger partial charge in [-0.05, 0) is 6.42 Å². The summed E-state index contributed by atoms with van der Waals surface area (Å²) in [7, 11) is 0. The van der Waals surface area contributed by atoms with E-state index in [4.69, 9.17) is 23.2 Å². The Morgan fingerprint density at radius 3 is 1.40 bits per heavy atom. The first-order valence-electron chi connectivity index (χ1n) is 1.59. The first-order chi connectivity index (χ1) is 2.30. The summed E-state index contributed by atoms with van der Waals surface area (Å²) in [5.41, 5.74) is 0. The quantitative estimate of drug-likeness (QED) is 0.416. The molecule has 0 nitrogen and oxygen atoms in total. The summed E-state index contributed by atoms with van der Waals surface area (Å²) in [5, 5.41) is 0.577. The Morgan fingerprint density at radius 2 is 1.40 bits per heavy atom. The first-order valence-corrected chi connectivity index (χ1v) is 2.46. The van der Waals surface area contributed by atoms with E-state index in [-0.39, 0.29) is 10.8 Å². The van der Waals surface area contributed by atoms with E-state index >= 15 is 0 Å². The molecule has 2 heteroatoms. The van der Waals surface area contributed by atoms with Crippen LogP contribution in [0.15, 0.2) is 0 Å². The zero-order valence-electron chi connectivity index (χ0n) is 2.62. The molecule has 0 amide bonds. The molecule has 0 aromatic carbocycles. The summed E-state index contributed by atoms with van der Waals surface area (Å²) in [6, 6.07) is 0. The van der Waals surface area contributed by atoms with Crippen LogP contribution in [0.4, 0.5) is 0 Å². The van der Waals surface area contributed by atoms with Crippen molar-refractivity contribution < 1.29 is 0 Å². The fourth-order valence-electron chi connectivity index (χ4n) is 0.137. The average molecular weight is 111 g/mol. The van der Waals surface area contributed by atoms with Gasteiger partial charge in [0.25, 0.3) is 0 Å². The van der Waals surface area contributed by atoms with Crippen molar-refractivity contribution in [1.29, 1.82) is 0 Å². The number of halogens is 2. The van der Waals surface area contributed by atoms with Gasteiger partial charge in [0, 0.05) is 0 Å². The molecule has 0 unspecified atom stereocenters. The minimum Gasteiger partial charge on any atom is -0.121 e. The van der Waals surface area contributed by atoms with Gasteiger partial charge in [0.05, 0.1) is 10.8 Å². The molecule has 30 valence electrons. The van der Waals surface area contributed by atoms with Crippen molar-refractivity contribution in [1.82, 2.24) is 0 Å². The zero-order valence-corrected chi connectivity index (χ0v) is 4.13. The summed E-state index contributed by atoms with van der Waals surface area (Å²) in [6.07, 6.45) is 1.00. The van der Waals surface area contributed by atoms with Crippen LogP contribution in [-0.4, -0.2) is 10.8 Å². The highest BCUT2D eigenvalue weighted by atomic mass is 35.5. The van der Waals surface area contributed by atoms with Gasteiger partial charge in [0.2, 0.25) is 0 Å². The second-order valence-corrected chi connectivity index (χ2v) is 2.39. The normalized spacial score (nSPS) is 49.2. The average Bonchev–Trinajstić information content (AvgIpc) is 1.79. The van der Waals surface area contributed by atoms with Gasteiger partial charge in [-0.15, -0.1) is 23.2 Å². The third-order valence-electron chi connectivity index (χ3n) is 0.640. The topological polar surface area (TPSA) is 0 Å². The van der Waals surface area contributed by atoms with Gasteiger partial charge in [0.15, 0.2) is 0 Å². The molecule has 0 radical (unpaired) electrons. The number of hydrogen-bond donors (Lipinski definition) is 0. The molecule has 0 aliphatic heterocycles. The van der Waals surface area contributed by atoms with Gasteiger partial charge >= 0.3 is 0 Å². The second kappa shape index (κ2) is 1.02. The van der Waals surface area contributed by atoms with Crippen molar-refractivity contribution in [3.05, 3.63) is 0 Å². The molecule has 5 heavy (non-hydrogen) atoms. The summed E-state index contributed by atoms with van der Waals surface area (Å²) >= 11 is 10.8. The van der Waals surface area contributed by atoms with Crippen LogP contribution >= 0.6 is 23.2 Å². The fourth-order valence-corrected chi connectivity index (χ4v) is 0.612. The van der Waals surface area contributed by atoms with E-state index in [1.165, 1.54) is 0 Å². The Labute approximate surface area is 41.1 Å². The molecular weight excluding hydrogens is 107 g/mol. The molecule has 0 bridgehead atoms. The lowest BCUT2D eigenvalue weighted by atomic mass is 11.0. The maximum atomic E-state index is 5.40. The molecule has 0 heterocycles. The van der Waals surface area contributed by atoms with Crippen molar-refractivity contribution in [2.75, 3.05) is 0 Å². The van der Waals surface area contributed by atoms with Crippen molar-refractivity contribution in [3.8, 4) is 0 Å². The van der Waals surface area contributed by atoms with Gasteiger partial charge in [-0.3, -0.25) is 0 Å². The molecule has 1 saturated carbocycles. The van der Waals surface area contributed by atoms with Crippen LogP contribution < -0.4 is 0 Å². The van der Waals surface area contributed by atoms with Crippen LogP contribution in [0.25, 0.3) is 0 Å². The van der Waals surface area contributed by atoms with Crippen molar-refractivity contribution >= 4 is 23.2 Å². The summed E-state index contributed by atoms with van der Waals surface area (Å²) < 4.78 is 0. The largest absolute Gasteiger partial charge is 0.121 e. The summed E-state index contributed by atoms with van der Waals surface area (Å²) in [6.45, 7) is 0. The highest BCUT2D eigenvalue weighted by Gasteiger charge is 2.32. The van der Waals surface area contributed by atoms with Crippen molar-refractivity contribution in [2.45, 2.75) is 17.2 Å². The Bertz CT molecular complexity index is 38.2. The van der Waals surface area contributed by atoms with Crippen LogP contribution in [0.1, 0.15) is 6.42 Å². The maximum absolute atomic E-state index is 5.40. The van der Waals surface area contributed by atoms with Gasteiger partial charge in [-0.2, -0.15) is 0 Å². The minimum atomic E-state index is 0.289. The van der Waals surface area contributed by atoms with E-state index in [1.807, 2.05) is 0 Å². The standard InChI is InChI=1S/C3H4Cl2/c4-2-1-3(2)5/h2-3H,1H2/t2-,3-/m1/s1. The lowest BCUT2D eigenvalue weighted by Gasteiger charge is -1.62. The molecule has 1 aliphatic rings. The molecule has 2 atom stereocenters. The molecule has 0 N–H and O–H groups in total. The smallest absolute Gasteiger partial charge is 0.0514 e. The zero-order chi connectivity index (χ0) is 3.86. The molecule has 1 fully saturated rings. The lowest BCUT2D eigenvalue weighted by molar-refractivity contribution is 1.50. The van der Waals surface area contributed by atoms with Crippen LogP contribution in [0, 0.1) is 0 Å². The Kier molecular flexibility index (Phi) is 0.768. The minimum absolute atomic E-state index is 0.289. The second-order valence-electron chi connectivity index (χ2n) is 1.27. The third-order valence-corrected chi connectivity index (χ3v) is 1.73. The monoisotopic (exact) mass is 110 g/mol. The molecule has 0 saturated heterocycles. The van der Waals surface area contributed by atoms with Crippen LogP contribution in [0.2, 0.25) is 0 Å². The fraction of sp³-hybridized carbons (Fsp3) is 1.00. The predicted octanol–water partition coefficient (Wildman–Crippen LogP) is 1.60. The summed E-state index contributed by atoms with van der Waals surface area (Å²) in [5.74, 6) is 0. The summed E-state index contributed by atoms with van der Waals surface area (Å²) in [4.78, 5) is 0. The first kappa shape index (κ1) is 3.76. The molecule has 0 aromatic rings. The van der Waals surface area contributed by atoms with Crippen LogP contribution in [-0.2, 0) is 0 Å². The SMILES string of the molecule is Cl[C@@H]1C[C@H]1Cl. The van der Waals surface area contributed by atoms with Gasteiger partial charge in [-0.1, -0.05) is 0 Å². The highest BCUT2D eigenvalue weighted by molar-refractivity contribution is 6.34. The lowest BCUT2D eigenvalue weighted by Crippen LogP contribution is -1.63. The molecule has 1 aliphatic carbocycles. The third kappa shape index (κ3) is 0.704. The van der Waals surface area contributed by atoms with E-state index in [0.29, 0.717) is 0 Å². The van der Waals surface area contributed by atoms with Crippen molar-refractivity contribution in [2.24, 2.45) is 0 Å². The maximum Gasteiger partial charge on any atom is 0.0514 e. The van der Waals surface area contributed by atoms with Gasteiger partial charge in [-0.25, -0.2) is 0 Å². The van der Waals surface area contributed by atoms with Gasteiger partial charge in [0.1, 0.15) is 0 Å². The van der Waals surface area contributed by atoms with Crippen molar-refractivity contribution in [3.63, 3.8) is 0 Å². The van der Waals surface area contributed by atoms with E-state index in [2.05, 4.69) is 0 Å². The van der Waals surface area contributed by atoms with Gasteiger partial charge < -0.3 is 0 Å². The van der Waals surface area contributed by atoms with E-state index in [1.54, 1.807) is 0 Å². The predicted molar refractivity (Wildman–Crippen MR) is 23.9 cm³/mol. The van der Waals surface area contributed by atoms with Crippen LogP contribution in [0.3, 0.4) is 0 Å². The number of hydrogen-bond acceptors (Lipinski definition) is 0. The van der Waals surface area contributed by atoms with E-state index in [9.17, 15) is 0 Å². The molecule has 0 spiro atoms. The Morgan fingerprint density at radius 1 is 1.20 bits per heavy atom. The highest BCUT2D eigenvalue weighted by Crippen LogP contribution is 2.33. The number of rotatable bonds is 0. The van der Waals surface area contributed by atoms with E-state index in [0.717, 1.165) is 6.42 Å². The molecule has 0 aromatic heterocycles.